The number of nitriles is 1. The molecule has 0 N–H and O–H groups in total. The minimum absolute atomic E-state index is 0.0447. The van der Waals surface area contributed by atoms with Gasteiger partial charge in [-0.05, 0) is 40.9 Å². The molecular weight excluding hydrogens is 328 g/mol. The molecule has 6 heteroatoms. The Balaban J connectivity index is 2.40. The molecular formula is C13H15BrN2O2S. The first-order chi connectivity index (χ1) is 9.07. The molecule has 1 saturated carbocycles. The number of benzene rings is 1. The van der Waals surface area contributed by atoms with Gasteiger partial charge in [0.2, 0.25) is 10.0 Å². The van der Waals surface area contributed by atoms with Crippen LogP contribution in [0.4, 0.5) is 0 Å². The van der Waals surface area contributed by atoms with Gasteiger partial charge in [0.05, 0.1) is 11.0 Å². The van der Waals surface area contributed by atoms with Gasteiger partial charge in [0.15, 0.2) is 0 Å². The van der Waals surface area contributed by atoms with Crippen molar-refractivity contribution in [1.82, 2.24) is 4.31 Å². The second-order valence-electron chi connectivity index (χ2n) is 4.58. The van der Waals surface area contributed by atoms with Crippen LogP contribution in [0.1, 0.15) is 25.7 Å². The third-order valence-electron chi connectivity index (χ3n) is 3.38. The van der Waals surface area contributed by atoms with E-state index < -0.39 is 10.0 Å². The van der Waals surface area contributed by atoms with E-state index in [-0.39, 0.29) is 17.5 Å². The highest BCUT2D eigenvalue weighted by Crippen LogP contribution is 2.31. The van der Waals surface area contributed by atoms with Crippen LogP contribution in [0.2, 0.25) is 0 Å². The summed E-state index contributed by atoms with van der Waals surface area (Å²) < 4.78 is 27.2. The lowest BCUT2D eigenvalue weighted by atomic mass is 10.2. The minimum atomic E-state index is -3.61. The topological polar surface area (TPSA) is 61.2 Å². The van der Waals surface area contributed by atoms with Gasteiger partial charge in [-0.3, -0.25) is 0 Å². The Morgan fingerprint density at radius 1 is 1.32 bits per heavy atom. The van der Waals surface area contributed by atoms with Crippen molar-refractivity contribution < 1.29 is 8.42 Å². The Morgan fingerprint density at radius 3 is 2.53 bits per heavy atom. The van der Waals surface area contributed by atoms with Gasteiger partial charge in [-0.2, -0.15) is 9.57 Å². The standard InChI is InChI=1S/C13H15BrN2O2S/c14-12-7-3-4-8-13(12)19(17,18)16(10-9-15)11-5-1-2-6-11/h3-4,7-8,11H,1-2,5-6,10H2. The predicted octanol–water partition coefficient (Wildman–Crippen LogP) is 2.91. The molecule has 2 rings (SSSR count). The van der Waals surface area contributed by atoms with Crippen LogP contribution >= 0.6 is 15.9 Å². The maximum Gasteiger partial charge on any atom is 0.245 e. The number of rotatable bonds is 4. The van der Waals surface area contributed by atoms with Gasteiger partial charge in [0, 0.05) is 10.5 Å². The number of halogens is 1. The summed E-state index contributed by atoms with van der Waals surface area (Å²) in [5.74, 6) is 0. The van der Waals surface area contributed by atoms with Gasteiger partial charge < -0.3 is 0 Å². The second-order valence-corrected chi connectivity index (χ2v) is 7.29. The molecule has 0 saturated heterocycles. The summed E-state index contributed by atoms with van der Waals surface area (Å²) in [6, 6.07) is 8.66. The highest BCUT2D eigenvalue weighted by atomic mass is 79.9. The van der Waals surface area contributed by atoms with Crippen LogP contribution in [0.15, 0.2) is 33.6 Å². The van der Waals surface area contributed by atoms with Crippen LogP contribution in [0.3, 0.4) is 0 Å². The van der Waals surface area contributed by atoms with Crippen LogP contribution in [0, 0.1) is 11.3 Å². The molecule has 102 valence electrons. The molecule has 0 heterocycles. The molecule has 0 amide bonds. The monoisotopic (exact) mass is 342 g/mol. The normalized spacial score (nSPS) is 16.7. The fourth-order valence-electron chi connectivity index (χ4n) is 2.45. The SMILES string of the molecule is N#CCN(C1CCCC1)S(=O)(=O)c1ccccc1Br. The molecule has 0 unspecified atom stereocenters. The van der Waals surface area contributed by atoms with Gasteiger partial charge in [0.25, 0.3) is 0 Å². The average Bonchev–Trinajstić information content (AvgIpc) is 2.89. The van der Waals surface area contributed by atoms with Crippen molar-refractivity contribution in [2.45, 2.75) is 36.6 Å². The summed E-state index contributed by atoms with van der Waals surface area (Å²) in [5.41, 5.74) is 0. The van der Waals surface area contributed by atoms with E-state index in [9.17, 15) is 8.42 Å². The molecule has 0 radical (unpaired) electrons. The van der Waals surface area contributed by atoms with Crippen molar-refractivity contribution in [3.63, 3.8) is 0 Å². The number of nitrogens with zero attached hydrogens (tertiary/aromatic N) is 2. The molecule has 0 bridgehead atoms. The number of hydrogen-bond donors (Lipinski definition) is 0. The van der Waals surface area contributed by atoms with Crippen molar-refractivity contribution in [2.75, 3.05) is 6.54 Å². The maximum absolute atomic E-state index is 12.7. The van der Waals surface area contributed by atoms with E-state index >= 15 is 0 Å². The van der Waals surface area contributed by atoms with E-state index in [1.807, 2.05) is 6.07 Å². The van der Waals surface area contributed by atoms with Gasteiger partial charge in [-0.15, -0.1) is 0 Å². The average molecular weight is 343 g/mol. The molecule has 1 aromatic carbocycles. The molecule has 1 aliphatic rings. The smallest absolute Gasteiger partial charge is 0.207 e. The first kappa shape index (κ1) is 14.5. The lowest BCUT2D eigenvalue weighted by Gasteiger charge is -2.26. The second kappa shape index (κ2) is 6.04. The van der Waals surface area contributed by atoms with Crippen LogP contribution < -0.4 is 0 Å². The third kappa shape index (κ3) is 2.99. The summed E-state index contributed by atoms with van der Waals surface area (Å²) in [7, 11) is -3.61. The lowest BCUT2D eigenvalue weighted by molar-refractivity contribution is 0.350. The molecule has 1 aliphatic carbocycles. The summed E-state index contributed by atoms with van der Waals surface area (Å²) >= 11 is 3.27. The summed E-state index contributed by atoms with van der Waals surface area (Å²) in [6.07, 6.45) is 3.73. The van der Waals surface area contributed by atoms with Gasteiger partial charge in [-0.25, -0.2) is 8.42 Å². The zero-order valence-corrected chi connectivity index (χ0v) is 12.8. The fraction of sp³-hybridized carbons (Fsp3) is 0.462. The molecule has 1 aromatic rings. The molecule has 19 heavy (non-hydrogen) atoms. The zero-order valence-electron chi connectivity index (χ0n) is 10.4. The number of hydrogen-bond acceptors (Lipinski definition) is 3. The Bertz CT molecular complexity index is 589. The summed E-state index contributed by atoms with van der Waals surface area (Å²) in [5, 5.41) is 8.91. The summed E-state index contributed by atoms with van der Waals surface area (Å²) in [6.45, 7) is -0.0890. The Kier molecular flexibility index (Phi) is 4.61. The molecule has 0 aliphatic heterocycles. The van der Waals surface area contributed by atoms with Gasteiger partial charge in [0.1, 0.15) is 6.54 Å². The highest BCUT2D eigenvalue weighted by Gasteiger charge is 2.33. The van der Waals surface area contributed by atoms with Crippen LogP contribution in [-0.2, 0) is 10.0 Å². The Hall–Kier alpha value is -0.900. The molecule has 1 fully saturated rings. The van der Waals surface area contributed by atoms with E-state index in [2.05, 4.69) is 15.9 Å². The van der Waals surface area contributed by atoms with Crippen molar-refractivity contribution in [3.8, 4) is 6.07 Å². The van der Waals surface area contributed by atoms with Crippen LogP contribution in [0.5, 0.6) is 0 Å². The molecule has 0 spiro atoms. The van der Waals surface area contributed by atoms with Crippen LogP contribution in [-0.4, -0.2) is 25.3 Å². The van der Waals surface area contributed by atoms with Crippen molar-refractivity contribution >= 4 is 26.0 Å². The first-order valence-corrected chi connectivity index (χ1v) is 8.44. The highest BCUT2D eigenvalue weighted by molar-refractivity contribution is 9.10. The van der Waals surface area contributed by atoms with E-state index in [4.69, 9.17) is 5.26 Å². The van der Waals surface area contributed by atoms with Crippen molar-refractivity contribution in [1.29, 1.82) is 5.26 Å². The van der Waals surface area contributed by atoms with Crippen molar-refractivity contribution in [3.05, 3.63) is 28.7 Å². The third-order valence-corrected chi connectivity index (χ3v) is 6.29. The van der Waals surface area contributed by atoms with Crippen molar-refractivity contribution in [2.24, 2.45) is 0 Å². The Labute approximate surface area is 122 Å². The number of sulfonamides is 1. The molecule has 4 nitrogen and oxygen atoms in total. The van der Waals surface area contributed by atoms with Gasteiger partial charge in [-0.1, -0.05) is 25.0 Å². The van der Waals surface area contributed by atoms with E-state index in [1.165, 1.54) is 4.31 Å². The lowest BCUT2D eigenvalue weighted by Crippen LogP contribution is -2.39. The summed E-state index contributed by atoms with van der Waals surface area (Å²) in [4.78, 5) is 0.233. The predicted molar refractivity (Wildman–Crippen MR) is 75.9 cm³/mol. The fourth-order valence-corrected chi connectivity index (χ4v) is 5.00. The van der Waals surface area contributed by atoms with Crippen LogP contribution in [0.25, 0.3) is 0 Å². The first-order valence-electron chi connectivity index (χ1n) is 6.20. The minimum Gasteiger partial charge on any atom is -0.207 e. The molecule has 0 aromatic heterocycles. The Morgan fingerprint density at radius 2 is 1.95 bits per heavy atom. The maximum atomic E-state index is 12.7. The van der Waals surface area contributed by atoms with E-state index in [0.29, 0.717) is 4.47 Å². The largest absolute Gasteiger partial charge is 0.245 e. The van der Waals surface area contributed by atoms with E-state index in [0.717, 1.165) is 25.7 Å². The zero-order chi connectivity index (χ0) is 13.9. The molecule has 0 atom stereocenters. The van der Waals surface area contributed by atoms with E-state index in [1.54, 1.807) is 24.3 Å². The van der Waals surface area contributed by atoms with Gasteiger partial charge >= 0.3 is 0 Å². The quantitative estimate of drug-likeness (QED) is 0.790.